The number of hydrogen-bond acceptors (Lipinski definition) is 6. The fourth-order valence-corrected chi connectivity index (χ4v) is 5.53. The quantitative estimate of drug-likeness (QED) is 0.196. The molecule has 0 saturated heterocycles. The summed E-state index contributed by atoms with van der Waals surface area (Å²) < 4.78 is 17.2. The highest BCUT2D eigenvalue weighted by Crippen LogP contribution is 2.38. The number of halogens is 1. The van der Waals surface area contributed by atoms with Crippen LogP contribution in [0.15, 0.2) is 41.0 Å². The van der Waals surface area contributed by atoms with Crippen molar-refractivity contribution in [2.24, 2.45) is 5.92 Å². The number of nitrogens with zero attached hydrogens (tertiary/aromatic N) is 1. The number of methoxy groups -OCH3 is 1. The summed E-state index contributed by atoms with van der Waals surface area (Å²) in [6, 6.07) is 3.92. The molecule has 0 fully saturated rings. The molecule has 10 heteroatoms. The third-order valence-corrected chi connectivity index (χ3v) is 12.2. The molecule has 1 aromatic carbocycles. The van der Waals surface area contributed by atoms with Gasteiger partial charge in [0.2, 0.25) is 5.91 Å². The molecular weight excluding hydrogens is 548 g/mol. The Bertz CT molecular complexity index is 1210. The normalized spacial score (nSPS) is 14.8. The van der Waals surface area contributed by atoms with Crippen molar-refractivity contribution in [1.29, 1.82) is 0 Å². The number of amides is 1. The minimum Gasteiger partial charge on any atom is -0.495 e. The number of rotatable bonds is 13. The van der Waals surface area contributed by atoms with Crippen LogP contribution in [-0.2, 0) is 20.4 Å². The molecule has 0 bridgehead atoms. The van der Waals surface area contributed by atoms with E-state index in [-0.39, 0.29) is 23.5 Å². The van der Waals surface area contributed by atoms with Gasteiger partial charge < -0.3 is 24.1 Å². The van der Waals surface area contributed by atoms with Crippen LogP contribution in [0.1, 0.15) is 56.7 Å². The summed E-state index contributed by atoms with van der Waals surface area (Å²) in [6.07, 6.45) is 7.60. The molecule has 1 aromatic heterocycles. The number of carbonyl (C=O) groups is 2. The predicted octanol–water partition coefficient (Wildman–Crippen LogP) is 6.75. The first-order valence-electron chi connectivity index (χ1n) is 13.4. The van der Waals surface area contributed by atoms with Gasteiger partial charge in [-0.25, -0.2) is 4.79 Å². The van der Waals surface area contributed by atoms with E-state index in [0.29, 0.717) is 22.8 Å². The highest BCUT2D eigenvalue weighted by Gasteiger charge is 2.39. The number of aliphatic carboxylic acids is 1. The minimum absolute atomic E-state index is 0.0104. The van der Waals surface area contributed by atoms with Crippen LogP contribution in [0.25, 0.3) is 6.08 Å². The van der Waals surface area contributed by atoms with Gasteiger partial charge in [-0.05, 0) is 68.1 Å². The summed E-state index contributed by atoms with van der Waals surface area (Å²) in [5.74, 6) is -0.344. The molecule has 0 spiro atoms. The third kappa shape index (κ3) is 9.35. The lowest BCUT2D eigenvalue weighted by Gasteiger charge is -2.40. The van der Waals surface area contributed by atoms with E-state index in [2.05, 4.69) is 57.3 Å². The number of aromatic nitrogens is 1. The van der Waals surface area contributed by atoms with Crippen LogP contribution in [-0.4, -0.2) is 49.7 Å². The maximum atomic E-state index is 12.7. The van der Waals surface area contributed by atoms with E-state index in [1.165, 1.54) is 13.2 Å². The van der Waals surface area contributed by atoms with Gasteiger partial charge in [-0.15, -0.1) is 0 Å². The first-order chi connectivity index (χ1) is 18.6. The third-order valence-electron chi connectivity index (χ3n) is 7.40. The second-order valence-corrected chi connectivity index (χ2v) is 16.7. The van der Waals surface area contributed by atoms with E-state index in [4.69, 9.17) is 25.3 Å². The molecule has 1 amide bonds. The van der Waals surface area contributed by atoms with Crippen molar-refractivity contribution in [3.63, 3.8) is 0 Å². The number of aryl methyl sites for hydroxylation is 2. The maximum absolute atomic E-state index is 12.7. The molecule has 3 atom stereocenters. The van der Waals surface area contributed by atoms with Crippen molar-refractivity contribution in [1.82, 2.24) is 10.5 Å². The largest absolute Gasteiger partial charge is 0.495 e. The predicted molar refractivity (Wildman–Crippen MR) is 161 cm³/mol. The highest BCUT2D eigenvalue weighted by molar-refractivity contribution is 6.74. The smallest absolute Gasteiger partial charge is 0.326 e. The molecule has 0 aliphatic heterocycles. The summed E-state index contributed by atoms with van der Waals surface area (Å²) in [6.45, 7) is 16.8. The molecule has 0 unspecified atom stereocenters. The SMILES string of the molecule is COc1ccc(C[C@@H](NC(=O)/C=C/C[C@H](O[Si](C)(C)C(C)(C)C)[C@H](C)/C=C/c2c(C)noc2C)C(=O)O)cc1Cl. The molecule has 0 radical (unpaired) electrons. The van der Waals surface area contributed by atoms with Gasteiger partial charge in [0.25, 0.3) is 0 Å². The fourth-order valence-electron chi connectivity index (χ4n) is 3.83. The average Bonchev–Trinajstić information content (AvgIpc) is 3.17. The van der Waals surface area contributed by atoms with Crippen LogP contribution in [0.2, 0.25) is 23.2 Å². The number of nitrogens with one attached hydrogen (secondary N) is 1. The Balaban J connectivity index is 2.15. The van der Waals surface area contributed by atoms with Gasteiger partial charge in [0.15, 0.2) is 8.32 Å². The first-order valence-corrected chi connectivity index (χ1v) is 16.7. The van der Waals surface area contributed by atoms with E-state index in [1.807, 2.05) is 19.9 Å². The van der Waals surface area contributed by atoms with Crippen LogP contribution >= 0.6 is 11.6 Å². The van der Waals surface area contributed by atoms with Gasteiger partial charge in [-0.2, -0.15) is 0 Å². The monoisotopic (exact) mass is 590 g/mol. The molecule has 2 rings (SSSR count). The Morgan fingerprint density at radius 1 is 1.25 bits per heavy atom. The molecular formula is C30H43ClN2O6Si. The number of benzene rings is 1. The van der Waals surface area contributed by atoms with E-state index in [0.717, 1.165) is 17.0 Å². The van der Waals surface area contributed by atoms with E-state index in [9.17, 15) is 14.7 Å². The summed E-state index contributed by atoms with van der Waals surface area (Å²) in [5.41, 5.74) is 2.44. The second-order valence-electron chi connectivity index (χ2n) is 11.6. The lowest BCUT2D eigenvalue weighted by atomic mass is 10.00. The Labute approximate surface area is 243 Å². The Hall–Kier alpha value is -2.88. The molecule has 0 saturated carbocycles. The zero-order valence-electron chi connectivity index (χ0n) is 25.0. The molecule has 1 heterocycles. The van der Waals surface area contributed by atoms with E-state index < -0.39 is 26.2 Å². The van der Waals surface area contributed by atoms with Crippen LogP contribution in [0.5, 0.6) is 5.75 Å². The van der Waals surface area contributed by atoms with Gasteiger partial charge in [-0.1, -0.05) is 68.7 Å². The van der Waals surface area contributed by atoms with Gasteiger partial charge in [0, 0.05) is 12.0 Å². The number of carboxylic acid groups (broad SMARTS) is 1. The maximum Gasteiger partial charge on any atom is 0.326 e. The van der Waals surface area contributed by atoms with Gasteiger partial charge in [0.1, 0.15) is 17.6 Å². The molecule has 0 aliphatic carbocycles. The lowest BCUT2D eigenvalue weighted by molar-refractivity contribution is -0.141. The van der Waals surface area contributed by atoms with Crippen molar-refractivity contribution < 1.29 is 28.4 Å². The van der Waals surface area contributed by atoms with Crippen LogP contribution in [0.4, 0.5) is 0 Å². The van der Waals surface area contributed by atoms with Crippen molar-refractivity contribution in [2.45, 2.75) is 84.7 Å². The molecule has 2 N–H and O–H groups in total. The summed E-state index contributed by atoms with van der Waals surface area (Å²) in [7, 11) is -0.612. The Morgan fingerprint density at radius 2 is 1.93 bits per heavy atom. The summed E-state index contributed by atoms with van der Waals surface area (Å²) >= 11 is 6.17. The molecule has 8 nitrogen and oxygen atoms in total. The highest BCUT2D eigenvalue weighted by atomic mass is 35.5. The van der Waals surface area contributed by atoms with Crippen molar-refractivity contribution >= 4 is 37.9 Å². The molecule has 220 valence electrons. The topological polar surface area (TPSA) is 111 Å². The van der Waals surface area contributed by atoms with Crippen molar-refractivity contribution in [2.75, 3.05) is 7.11 Å². The Morgan fingerprint density at radius 3 is 2.45 bits per heavy atom. The lowest BCUT2D eigenvalue weighted by Crippen LogP contribution is -2.45. The van der Waals surface area contributed by atoms with Gasteiger partial charge >= 0.3 is 5.97 Å². The Kier molecular flexibility index (Phi) is 11.8. The number of carbonyl (C=O) groups excluding carboxylic acids is 1. The average molecular weight is 591 g/mol. The van der Waals surface area contributed by atoms with Crippen molar-refractivity contribution in [3.05, 3.63) is 64.0 Å². The number of carboxylic acids is 1. The number of ether oxygens (including phenoxy) is 1. The first kappa shape index (κ1) is 33.3. The molecule has 2 aromatic rings. The van der Waals surface area contributed by atoms with Crippen LogP contribution < -0.4 is 10.1 Å². The van der Waals surface area contributed by atoms with Gasteiger partial charge in [0.05, 0.1) is 23.9 Å². The molecule has 40 heavy (non-hydrogen) atoms. The van der Waals surface area contributed by atoms with E-state index >= 15 is 0 Å². The fraction of sp³-hybridized carbons (Fsp3) is 0.500. The van der Waals surface area contributed by atoms with Gasteiger partial charge in [-0.3, -0.25) is 4.79 Å². The molecule has 0 aliphatic rings. The van der Waals surface area contributed by atoms with E-state index in [1.54, 1.807) is 24.3 Å². The van der Waals surface area contributed by atoms with Crippen LogP contribution in [0, 0.1) is 19.8 Å². The zero-order chi connectivity index (χ0) is 30.3. The second kappa shape index (κ2) is 14.1. The minimum atomic E-state index is -2.12. The standard InChI is InChI=1S/C30H43ClN2O6Si/c1-19(13-15-23-20(2)33-38-21(23)3)26(39-40(8,9)30(4,5)6)11-10-12-28(34)32-25(29(35)36)18-22-14-16-27(37-7)24(31)17-22/h10,12-17,19,25-26H,11,18H2,1-9H3,(H,32,34)(H,35,36)/b12-10+,15-13+/t19-,25-,26+/m1/s1. The number of hydrogen-bond donors (Lipinski definition) is 2. The van der Waals surface area contributed by atoms with Crippen molar-refractivity contribution in [3.8, 4) is 5.75 Å². The van der Waals surface area contributed by atoms with Crippen LogP contribution in [0.3, 0.4) is 0 Å². The zero-order valence-corrected chi connectivity index (χ0v) is 26.8. The summed E-state index contributed by atoms with van der Waals surface area (Å²) in [4.78, 5) is 24.6. The summed E-state index contributed by atoms with van der Waals surface area (Å²) in [5, 5.41) is 16.7.